The van der Waals surface area contributed by atoms with Crippen molar-refractivity contribution in [3.63, 3.8) is 0 Å². The summed E-state index contributed by atoms with van der Waals surface area (Å²) in [7, 11) is 1.78. The normalized spacial score (nSPS) is 18.3. The van der Waals surface area contributed by atoms with Crippen molar-refractivity contribution >= 4 is 0 Å². The first-order chi connectivity index (χ1) is 9.25. The smallest absolute Gasteiger partial charge is 0.122 e. The molecule has 2 rings (SSSR count). The van der Waals surface area contributed by atoms with Crippen LogP contribution < -0.4 is 10.5 Å². The van der Waals surface area contributed by atoms with Crippen LogP contribution in [0.2, 0.25) is 0 Å². The maximum atomic E-state index is 5.90. The first kappa shape index (κ1) is 14.4. The van der Waals surface area contributed by atoms with Crippen LogP contribution in [0.4, 0.5) is 0 Å². The van der Waals surface area contributed by atoms with Crippen LogP contribution in [-0.2, 0) is 11.8 Å². The van der Waals surface area contributed by atoms with E-state index in [0.29, 0.717) is 0 Å². The maximum Gasteiger partial charge on any atom is 0.122 e. The third kappa shape index (κ3) is 2.94. The van der Waals surface area contributed by atoms with Gasteiger partial charge < -0.3 is 10.5 Å². The van der Waals surface area contributed by atoms with Crippen molar-refractivity contribution in [2.45, 2.75) is 57.3 Å². The van der Waals surface area contributed by atoms with E-state index in [4.69, 9.17) is 10.5 Å². The van der Waals surface area contributed by atoms with Gasteiger partial charge in [0.2, 0.25) is 0 Å². The van der Waals surface area contributed by atoms with Gasteiger partial charge in [0, 0.05) is 11.0 Å². The zero-order chi connectivity index (χ0) is 13.7. The molecular weight excluding hydrogens is 234 g/mol. The van der Waals surface area contributed by atoms with Gasteiger partial charge in [-0.3, -0.25) is 0 Å². The molecule has 0 aliphatic heterocycles. The van der Waals surface area contributed by atoms with Crippen LogP contribution in [0.3, 0.4) is 0 Å². The predicted molar refractivity (Wildman–Crippen MR) is 80.8 cm³/mol. The summed E-state index contributed by atoms with van der Waals surface area (Å²) in [5.74, 6) is 1.05. The van der Waals surface area contributed by atoms with Crippen LogP contribution in [-0.4, -0.2) is 13.7 Å². The number of hydrogen-bond acceptors (Lipinski definition) is 2. The van der Waals surface area contributed by atoms with Crippen molar-refractivity contribution in [1.82, 2.24) is 0 Å². The lowest BCUT2D eigenvalue weighted by Gasteiger charge is -2.39. The highest BCUT2D eigenvalue weighted by atomic mass is 16.5. The number of benzene rings is 1. The minimum absolute atomic E-state index is 0.253. The molecule has 1 saturated carbocycles. The molecule has 2 N–H and O–H groups in total. The summed E-state index contributed by atoms with van der Waals surface area (Å²) in [4.78, 5) is 0. The SMILES string of the molecule is CCc1ccc(OC)c(C2(CCN)CCCCC2)c1. The zero-order valence-electron chi connectivity index (χ0n) is 12.4. The van der Waals surface area contributed by atoms with Crippen LogP contribution in [0.1, 0.15) is 56.6 Å². The molecule has 106 valence electrons. The molecular formula is C17H27NO. The Morgan fingerprint density at radius 3 is 2.53 bits per heavy atom. The van der Waals surface area contributed by atoms with E-state index in [1.54, 1.807) is 7.11 Å². The van der Waals surface area contributed by atoms with Crippen LogP contribution in [0.25, 0.3) is 0 Å². The number of hydrogen-bond donors (Lipinski definition) is 1. The summed E-state index contributed by atoms with van der Waals surface area (Å²) < 4.78 is 5.63. The number of rotatable bonds is 5. The molecule has 0 heterocycles. The third-order valence-corrected chi connectivity index (χ3v) is 4.68. The molecule has 0 atom stereocenters. The second-order valence-corrected chi connectivity index (χ2v) is 5.77. The Morgan fingerprint density at radius 1 is 1.21 bits per heavy atom. The molecule has 0 amide bonds. The monoisotopic (exact) mass is 261 g/mol. The van der Waals surface area contributed by atoms with Gasteiger partial charge in [0.1, 0.15) is 5.75 Å². The third-order valence-electron chi connectivity index (χ3n) is 4.68. The van der Waals surface area contributed by atoms with Crippen molar-refractivity contribution in [3.05, 3.63) is 29.3 Å². The van der Waals surface area contributed by atoms with E-state index in [1.165, 1.54) is 43.2 Å². The largest absolute Gasteiger partial charge is 0.496 e. The van der Waals surface area contributed by atoms with Crippen LogP contribution in [0.5, 0.6) is 5.75 Å². The van der Waals surface area contributed by atoms with Crippen molar-refractivity contribution in [3.8, 4) is 5.75 Å². The fourth-order valence-electron chi connectivity index (χ4n) is 3.55. The Kier molecular flexibility index (Phi) is 4.87. The molecule has 0 spiro atoms. The molecule has 1 fully saturated rings. The molecule has 0 radical (unpaired) electrons. The summed E-state index contributed by atoms with van der Waals surface area (Å²) in [5, 5.41) is 0. The molecule has 0 bridgehead atoms. The molecule has 0 unspecified atom stereocenters. The van der Waals surface area contributed by atoms with E-state index < -0.39 is 0 Å². The van der Waals surface area contributed by atoms with Gasteiger partial charge in [-0.15, -0.1) is 0 Å². The van der Waals surface area contributed by atoms with E-state index in [-0.39, 0.29) is 5.41 Å². The Labute approximate surface area is 117 Å². The van der Waals surface area contributed by atoms with Gasteiger partial charge in [-0.2, -0.15) is 0 Å². The average molecular weight is 261 g/mol. The summed E-state index contributed by atoms with van der Waals surface area (Å²) in [6.07, 6.45) is 8.68. The van der Waals surface area contributed by atoms with E-state index in [0.717, 1.165) is 25.1 Å². The number of aryl methyl sites for hydroxylation is 1. The van der Waals surface area contributed by atoms with Gasteiger partial charge in [0.05, 0.1) is 7.11 Å². The molecule has 1 aliphatic carbocycles. The Hall–Kier alpha value is -1.02. The van der Waals surface area contributed by atoms with Gasteiger partial charge in [-0.25, -0.2) is 0 Å². The topological polar surface area (TPSA) is 35.2 Å². The predicted octanol–water partition coefficient (Wildman–Crippen LogP) is 3.81. The van der Waals surface area contributed by atoms with Gasteiger partial charge in [0.25, 0.3) is 0 Å². The molecule has 1 aromatic carbocycles. The molecule has 2 heteroatoms. The minimum Gasteiger partial charge on any atom is -0.496 e. The van der Waals surface area contributed by atoms with Gasteiger partial charge >= 0.3 is 0 Å². The maximum absolute atomic E-state index is 5.90. The van der Waals surface area contributed by atoms with Gasteiger partial charge in [-0.1, -0.05) is 38.3 Å². The molecule has 0 aromatic heterocycles. The van der Waals surface area contributed by atoms with E-state index in [2.05, 4.69) is 25.1 Å². The van der Waals surface area contributed by atoms with Crippen molar-refractivity contribution in [2.24, 2.45) is 5.73 Å². The lowest BCUT2D eigenvalue weighted by atomic mass is 9.67. The second-order valence-electron chi connectivity index (χ2n) is 5.77. The minimum atomic E-state index is 0.253. The van der Waals surface area contributed by atoms with E-state index in [1.807, 2.05) is 0 Å². The molecule has 2 nitrogen and oxygen atoms in total. The average Bonchev–Trinajstić information content (AvgIpc) is 2.48. The van der Waals surface area contributed by atoms with Gasteiger partial charge in [-0.05, 0) is 43.9 Å². The summed E-state index contributed by atoms with van der Waals surface area (Å²) in [6, 6.07) is 6.68. The molecule has 19 heavy (non-hydrogen) atoms. The fourth-order valence-corrected chi connectivity index (χ4v) is 3.55. The van der Waals surface area contributed by atoms with Crippen molar-refractivity contribution in [1.29, 1.82) is 0 Å². The molecule has 0 saturated heterocycles. The fraction of sp³-hybridized carbons (Fsp3) is 0.647. The van der Waals surface area contributed by atoms with Crippen LogP contribution in [0.15, 0.2) is 18.2 Å². The highest BCUT2D eigenvalue weighted by Gasteiger charge is 2.35. The van der Waals surface area contributed by atoms with Crippen LogP contribution in [0, 0.1) is 0 Å². The highest BCUT2D eigenvalue weighted by Crippen LogP contribution is 2.45. The summed E-state index contributed by atoms with van der Waals surface area (Å²) >= 11 is 0. The quantitative estimate of drug-likeness (QED) is 0.874. The number of nitrogens with two attached hydrogens (primary N) is 1. The molecule has 1 aromatic rings. The number of ether oxygens (including phenoxy) is 1. The lowest BCUT2D eigenvalue weighted by Crippen LogP contribution is -2.32. The Balaban J connectivity index is 2.44. The summed E-state index contributed by atoms with van der Waals surface area (Å²) in [5.41, 5.74) is 8.96. The highest BCUT2D eigenvalue weighted by molar-refractivity contribution is 5.43. The summed E-state index contributed by atoms with van der Waals surface area (Å²) in [6.45, 7) is 2.97. The Bertz CT molecular complexity index is 402. The Morgan fingerprint density at radius 2 is 1.95 bits per heavy atom. The van der Waals surface area contributed by atoms with Crippen molar-refractivity contribution in [2.75, 3.05) is 13.7 Å². The first-order valence-electron chi connectivity index (χ1n) is 7.63. The second kappa shape index (κ2) is 6.42. The van der Waals surface area contributed by atoms with E-state index >= 15 is 0 Å². The standard InChI is InChI=1S/C17H27NO/c1-3-14-7-8-16(19-2)15(13-14)17(11-12-18)9-5-4-6-10-17/h7-8,13H,3-6,9-12,18H2,1-2H3. The number of methoxy groups -OCH3 is 1. The lowest BCUT2D eigenvalue weighted by molar-refractivity contribution is 0.267. The molecule has 1 aliphatic rings. The van der Waals surface area contributed by atoms with E-state index in [9.17, 15) is 0 Å². The van der Waals surface area contributed by atoms with Gasteiger partial charge in [0.15, 0.2) is 0 Å². The zero-order valence-corrected chi connectivity index (χ0v) is 12.4. The first-order valence-corrected chi connectivity index (χ1v) is 7.63. The van der Waals surface area contributed by atoms with Crippen molar-refractivity contribution < 1.29 is 4.74 Å². The van der Waals surface area contributed by atoms with Crippen LogP contribution >= 0.6 is 0 Å².